The highest BCUT2D eigenvalue weighted by Gasteiger charge is 2.16. The Labute approximate surface area is 136 Å². The smallest absolute Gasteiger partial charge is 0.259 e. The van der Waals surface area contributed by atoms with Crippen LogP contribution in [0.25, 0.3) is 17.1 Å². The van der Waals surface area contributed by atoms with Crippen molar-refractivity contribution in [1.82, 2.24) is 15.2 Å². The van der Waals surface area contributed by atoms with Gasteiger partial charge in [-0.1, -0.05) is 18.2 Å². The van der Waals surface area contributed by atoms with Crippen LogP contribution in [0.4, 0.5) is 0 Å². The average molecular weight is 317 g/mol. The molecule has 7 nitrogen and oxygen atoms in total. The summed E-state index contributed by atoms with van der Waals surface area (Å²) in [7, 11) is 0. The lowest BCUT2D eigenvalue weighted by Crippen LogP contribution is -2.12. The van der Waals surface area contributed by atoms with Gasteiger partial charge in [-0.05, 0) is 29.8 Å². The second kappa shape index (κ2) is 6.14. The van der Waals surface area contributed by atoms with Crippen molar-refractivity contribution in [3.05, 3.63) is 65.0 Å². The fourth-order valence-electron chi connectivity index (χ4n) is 2.26. The highest BCUT2D eigenvalue weighted by molar-refractivity contribution is 6.14. The van der Waals surface area contributed by atoms with Crippen molar-refractivity contribution >= 4 is 28.8 Å². The van der Waals surface area contributed by atoms with Gasteiger partial charge in [0.25, 0.3) is 5.91 Å². The van der Waals surface area contributed by atoms with Crippen molar-refractivity contribution in [2.45, 2.75) is 0 Å². The van der Waals surface area contributed by atoms with Crippen LogP contribution in [-0.2, 0) is 4.79 Å². The maximum atomic E-state index is 12.7. The molecule has 0 spiro atoms. The first-order chi connectivity index (χ1) is 11.6. The molecule has 0 aliphatic heterocycles. The second-order valence-electron chi connectivity index (χ2n) is 4.96. The minimum Gasteiger partial charge on any atom is -0.365 e. The van der Waals surface area contributed by atoms with Gasteiger partial charge in [-0.2, -0.15) is 10.4 Å². The minimum absolute atomic E-state index is 0.186. The number of H-pyrrole nitrogens is 1. The van der Waals surface area contributed by atoms with Crippen molar-refractivity contribution in [2.24, 2.45) is 5.73 Å². The van der Waals surface area contributed by atoms with E-state index in [2.05, 4.69) is 15.2 Å². The van der Waals surface area contributed by atoms with Crippen LogP contribution in [0.5, 0.6) is 0 Å². The minimum atomic E-state index is -0.821. The number of hydrogen-bond acceptors (Lipinski definition) is 5. The Bertz CT molecular complexity index is 1030. The van der Waals surface area contributed by atoms with Crippen LogP contribution in [0.2, 0.25) is 0 Å². The summed E-state index contributed by atoms with van der Waals surface area (Å²) in [6, 6.07) is 11.7. The van der Waals surface area contributed by atoms with E-state index in [9.17, 15) is 9.59 Å². The van der Waals surface area contributed by atoms with E-state index in [0.717, 1.165) is 0 Å². The number of rotatable bonds is 4. The molecule has 0 aliphatic rings. The van der Waals surface area contributed by atoms with Gasteiger partial charge < -0.3 is 5.73 Å². The number of ketones is 1. The molecule has 2 aromatic heterocycles. The van der Waals surface area contributed by atoms with Crippen molar-refractivity contribution < 1.29 is 9.59 Å². The molecule has 0 fully saturated rings. The van der Waals surface area contributed by atoms with Crippen LogP contribution >= 0.6 is 0 Å². The Kier molecular flexibility index (Phi) is 3.87. The number of amides is 1. The summed E-state index contributed by atoms with van der Waals surface area (Å²) in [4.78, 5) is 27.9. The number of carbonyl (C=O) groups is 2. The molecule has 0 atom stereocenters. The van der Waals surface area contributed by atoms with Gasteiger partial charge in [-0.25, -0.2) is 4.98 Å². The molecule has 1 aromatic carbocycles. The van der Waals surface area contributed by atoms with Crippen LogP contribution in [0.3, 0.4) is 0 Å². The zero-order valence-electron chi connectivity index (χ0n) is 12.4. The summed E-state index contributed by atoms with van der Waals surface area (Å²) in [5.74, 6) is -1.11. The number of fused-ring (bicyclic) bond motifs is 1. The monoisotopic (exact) mass is 317 g/mol. The number of hydrogen-bond donors (Lipinski definition) is 2. The summed E-state index contributed by atoms with van der Waals surface area (Å²) in [5.41, 5.74) is 6.61. The first-order valence-corrected chi connectivity index (χ1v) is 6.95. The van der Waals surface area contributed by atoms with E-state index in [-0.39, 0.29) is 17.1 Å². The number of nitriles is 1. The molecule has 3 rings (SSSR count). The number of nitrogens with one attached hydrogen (secondary N) is 1. The lowest BCUT2D eigenvalue weighted by atomic mass is 10.0. The molecular formula is C17H11N5O2. The number of aromatic nitrogens is 3. The Hall–Kier alpha value is -3.79. The summed E-state index contributed by atoms with van der Waals surface area (Å²) in [5, 5.41) is 16.3. The molecule has 7 heteroatoms. The van der Waals surface area contributed by atoms with E-state index in [0.29, 0.717) is 22.2 Å². The van der Waals surface area contributed by atoms with Gasteiger partial charge in [-0.15, -0.1) is 0 Å². The van der Waals surface area contributed by atoms with Crippen molar-refractivity contribution in [1.29, 1.82) is 5.26 Å². The number of benzene rings is 1. The van der Waals surface area contributed by atoms with Gasteiger partial charge in [0.05, 0.1) is 5.39 Å². The van der Waals surface area contributed by atoms with E-state index < -0.39 is 5.91 Å². The first kappa shape index (κ1) is 15.1. The fraction of sp³-hybridized carbons (Fsp3) is 0. The Morgan fingerprint density at radius 1 is 1.25 bits per heavy atom. The highest BCUT2D eigenvalue weighted by atomic mass is 16.1. The largest absolute Gasteiger partial charge is 0.365 e. The number of nitrogens with zero attached hydrogens (tertiary/aromatic N) is 3. The number of aromatic amines is 1. The lowest BCUT2D eigenvalue weighted by Gasteiger charge is -2.01. The van der Waals surface area contributed by atoms with Gasteiger partial charge in [0, 0.05) is 11.8 Å². The van der Waals surface area contributed by atoms with E-state index in [1.54, 1.807) is 48.7 Å². The normalized spacial score (nSPS) is 11.2. The third kappa shape index (κ3) is 2.76. The standard InChI is InChI=1S/C17H11N5O2/c18-9-12(16(19)24)8-10-3-1-4-11(7-10)15(23)14-13-5-2-6-20-17(13)22-21-14/h1-8H,(H2,19,24)(H,20,21,22)/b12-8+. The van der Waals surface area contributed by atoms with E-state index in [4.69, 9.17) is 11.0 Å². The topological polar surface area (TPSA) is 126 Å². The molecule has 0 saturated carbocycles. The average Bonchev–Trinajstić information content (AvgIpc) is 3.03. The quantitative estimate of drug-likeness (QED) is 0.429. The Morgan fingerprint density at radius 2 is 2.08 bits per heavy atom. The predicted octanol–water partition coefficient (Wildman–Crippen LogP) is 1.58. The van der Waals surface area contributed by atoms with E-state index >= 15 is 0 Å². The molecule has 116 valence electrons. The SMILES string of the molecule is N#C/C(=C\c1cccc(C(=O)c2n[nH]c3ncccc23)c1)C(N)=O. The third-order valence-corrected chi connectivity index (χ3v) is 3.40. The summed E-state index contributed by atoms with van der Waals surface area (Å²) >= 11 is 0. The third-order valence-electron chi connectivity index (χ3n) is 3.40. The molecule has 3 aromatic rings. The number of pyridine rings is 1. The van der Waals surface area contributed by atoms with Crippen molar-refractivity contribution in [2.75, 3.05) is 0 Å². The molecule has 0 aliphatic carbocycles. The predicted molar refractivity (Wildman–Crippen MR) is 86.5 cm³/mol. The lowest BCUT2D eigenvalue weighted by molar-refractivity contribution is -0.114. The van der Waals surface area contributed by atoms with Gasteiger partial charge in [0.1, 0.15) is 17.3 Å². The molecule has 3 N–H and O–H groups in total. The van der Waals surface area contributed by atoms with Crippen LogP contribution in [0.15, 0.2) is 48.2 Å². The van der Waals surface area contributed by atoms with Crippen LogP contribution in [0.1, 0.15) is 21.6 Å². The summed E-state index contributed by atoms with van der Waals surface area (Å²) in [6.45, 7) is 0. The Morgan fingerprint density at radius 3 is 2.83 bits per heavy atom. The molecule has 0 unspecified atom stereocenters. The van der Waals surface area contributed by atoms with E-state index in [1.165, 1.54) is 6.08 Å². The summed E-state index contributed by atoms with van der Waals surface area (Å²) in [6.07, 6.45) is 2.94. The van der Waals surface area contributed by atoms with Gasteiger partial charge in [-0.3, -0.25) is 14.7 Å². The second-order valence-corrected chi connectivity index (χ2v) is 4.96. The van der Waals surface area contributed by atoms with Crippen LogP contribution < -0.4 is 5.73 Å². The highest BCUT2D eigenvalue weighted by Crippen LogP contribution is 2.18. The molecule has 0 radical (unpaired) electrons. The van der Waals surface area contributed by atoms with Gasteiger partial charge in [0.15, 0.2) is 5.65 Å². The maximum Gasteiger partial charge on any atom is 0.259 e. The number of nitrogens with two attached hydrogens (primary N) is 1. The fourth-order valence-corrected chi connectivity index (χ4v) is 2.26. The van der Waals surface area contributed by atoms with Crippen molar-refractivity contribution in [3.63, 3.8) is 0 Å². The molecule has 24 heavy (non-hydrogen) atoms. The molecule has 0 bridgehead atoms. The maximum absolute atomic E-state index is 12.7. The summed E-state index contributed by atoms with van der Waals surface area (Å²) < 4.78 is 0. The number of carbonyl (C=O) groups excluding carboxylic acids is 2. The zero-order valence-corrected chi connectivity index (χ0v) is 12.4. The van der Waals surface area contributed by atoms with Gasteiger partial charge in [0.2, 0.25) is 5.78 Å². The van der Waals surface area contributed by atoms with Crippen molar-refractivity contribution in [3.8, 4) is 6.07 Å². The van der Waals surface area contributed by atoms with Gasteiger partial charge >= 0.3 is 0 Å². The number of primary amides is 1. The molecule has 1 amide bonds. The first-order valence-electron chi connectivity index (χ1n) is 6.95. The molecular weight excluding hydrogens is 306 g/mol. The van der Waals surface area contributed by atoms with Crippen LogP contribution in [-0.4, -0.2) is 26.9 Å². The van der Waals surface area contributed by atoms with Crippen LogP contribution in [0, 0.1) is 11.3 Å². The zero-order chi connectivity index (χ0) is 17.1. The van der Waals surface area contributed by atoms with E-state index in [1.807, 2.05) is 0 Å². The molecule has 2 heterocycles. The Balaban J connectivity index is 2.02. The molecule has 0 saturated heterocycles.